The topological polar surface area (TPSA) is 96.5 Å². The molecule has 0 unspecified atom stereocenters. The predicted molar refractivity (Wildman–Crippen MR) is 125 cm³/mol. The Balaban J connectivity index is 1.21. The Bertz CT molecular complexity index is 1450. The van der Waals surface area contributed by atoms with Gasteiger partial charge in [-0.1, -0.05) is 41.6 Å². The first-order chi connectivity index (χ1) is 15.5. The van der Waals surface area contributed by atoms with Crippen LogP contribution in [0.1, 0.15) is 10.4 Å². The van der Waals surface area contributed by atoms with Crippen molar-refractivity contribution in [2.75, 3.05) is 11.1 Å². The highest BCUT2D eigenvalue weighted by Gasteiger charge is 2.13. The van der Waals surface area contributed by atoms with Crippen LogP contribution in [0, 0.1) is 5.82 Å². The van der Waals surface area contributed by atoms with Crippen LogP contribution in [0.25, 0.3) is 22.1 Å². The molecule has 3 aromatic heterocycles. The summed E-state index contributed by atoms with van der Waals surface area (Å²) in [5.74, 6) is -0.401. The number of anilines is 1. The van der Waals surface area contributed by atoms with Gasteiger partial charge in [0.05, 0.1) is 5.75 Å². The van der Waals surface area contributed by atoms with Crippen molar-refractivity contribution < 1.29 is 9.18 Å². The largest absolute Gasteiger partial charge is 0.338 e. The summed E-state index contributed by atoms with van der Waals surface area (Å²) >= 11 is 8.54. The van der Waals surface area contributed by atoms with Crippen molar-refractivity contribution in [1.82, 2.24) is 25.1 Å². The van der Waals surface area contributed by atoms with Crippen molar-refractivity contribution in [2.24, 2.45) is 0 Å². The molecule has 0 aliphatic carbocycles. The van der Waals surface area contributed by atoms with Crippen LogP contribution in [0.2, 0.25) is 5.02 Å². The third kappa shape index (κ3) is 4.43. The molecule has 160 valence electrons. The van der Waals surface area contributed by atoms with Crippen LogP contribution in [0.5, 0.6) is 0 Å². The van der Waals surface area contributed by atoms with E-state index in [1.54, 1.807) is 36.5 Å². The summed E-state index contributed by atoms with van der Waals surface area (Å²) in [6, 6.07) is 12.0. The third-order valence-corrected chi connectivity index (χ3v) is 6.60. The lowest BCUT2D eigenvalue weighted by molar-refractivity contribution is -0.113. The van der Waals surface area contributed by atoms with Gasteiger partial charge in [0.25, 0.3) is 0 Å². The van der Waals surface area contributed by atoms with E-state index >= 15 is 0 Å². The summed E-state index contributed by atoms with van der Waals surface area (Å²) in [4.78, 5) is 25.0. The summed E-state index contributed by atoms with van der Waals surface area (Å²) in [6.07, 6.45) is 2.06. The van der Waals surface area contributed by atoms with E-state index in [1.165, 1.54) is 29.2 Å². The number of halogens is 2. The molecule has 2 N–H and O–H groups in total. The van der Waals surface area contributed by atoms with Crippen LogP contribution < -0.4 is 5.32 Å². The Morgan fingerprint density at radius 2 is 2.09 bits per heavy atom. The molecule has 3 heterocycles. The van der Waals surface area contributed by atoms with Gasteiger partial charge in [-0.25, -0.2) is 14.4 Å². The summed E-state index contributed by atoms with van der Waals surface area (Å²) in [5, 5.41) is 13.4. The molecule has 0 radical (unpaired) electrons. The highest BCUT2D eigenvalue weighted by Crippen LogP contribution is 2.26. The molecule has 0 saturated heterocycles. The second kappa shape index (κ2) is 8.81. The van der Waals surface area contributed by atoms with Crippen LogP contribution in [0.3, 0.4) is 0 Å². The Morgan fingerprint density at radius 3 is 2.97 bits per heavy atom. The fourth-order valence-corrected chi connectivity index (χ4v) is 4.76. The zero-order chi connectivity index (χ0) is 22.1. The van der Waals surface area contributed by atoms with E-state index in [4.69, 9.17) is 11.6 Å². The van der Waals surface area contributed by atoms with Crippen molar-refractivity contribution >= 4 is 67.8 Å². The van der Waals surface area contributed by atoms with Crippen molar-refractivity contribution in [1.29, 1.82) is 0 Å². The van der Waals surface area contributed by atoms with Gasteiger partial charge in [0.1, 0.15) is 11.3 Å². The summed E-state index contributed by atoms with van der Waals surface area (Å²) in [7, 11) is 0. The van der Waals surface area contributed by atoms with Crippen molar-refractivity contribution in [3.63, 3.8) is 0 Å². The Kier molecular flexibility index (Phi) is 5.73. The van der Waals surface area contributed by atoms with Gasteiger partial charge >= 0.3 is 0 Å². The third-order valence-electron chi connectivity index (χ3n) is 4.61. The minimum Gasteiger partial charge on any atom is -0.338 e. The average Bonchev–Trinajstić information content (AvgIpc) is 3.37. The standard InChI is InChI=1S/C21H14ClFN6OS2/c22-12-5-6-16-14(8-12)18-19(25-16)27-21(29-28-18)31-10-17(30)26-20-24-9-13(32-20)7-11-3-1-2-4-15(11)23/h1-6,8-9H,7,10H2,(H,24,26,30)(H,25,27,29). The summed E-state index contributed by atoms with van der Waals surface area (Å²) in [6.45, 7) is 0. The molecule has 0 atom stereocenters. The van der Waals surface area contributed by atoms with Crippen LogP contribution in [-0.2, 0) is 11.2 Å². The Morgan fingerprint density at radius 1 is 1.22 bits per heavy atom. The molecule has 0 saturated carbocycles. The van der Waals surface area contributed by atoms with Gasteiger partial charge in [0.2, 0.25) is 11.1 Å². The average molecular weight is 485 g/mol. The monoisotopic (exact) mass is 484 g/mol. The van der Waals surface area contributed by atoms with E-state index in [2.05, 4.69) is 30.5 Å². The SMILES string of the molecule is O=C(CSc1nnc2c(n1)[nH]c1ccc(Cl)cc12)Nc1ncc(Cc2ccccc2F)s1. The first kappa shape index (κ1) is 20.8. The maximum absolute atomic E-state index is 13.8. The number of thioether (sulfide) groups is 1. The number of carbonyl (C=O) groups excluding carboxylic acids is 1. The number of nitrogens with zero attached hydrogens (tertiary/aromatic N) is 4. The number of nitrogens with one attached hydrogen (secondary N) is 2. The van der Waals surface area contributed by atoms with E-state index < -0.39 is 0 Å². The number of amides is 1. The van der Waals surface area contributed by atoms with Gasteiger partial charge < -0.3 is 10.3 Å². The zero-order valence-corrected chi connectivity index (χ0v) is 18.7. The van der Waals surface area contributed by atoms with E-state index in [0.29, 0.717) is 38.5 Å². The quantitative estimate of drug-likeness (QED) is 0.326. The van der Waals surface area contributed by atoms with Crippen LogP contribution in [0.4, 0.5) is 9.52 Å². The fraction of sp³-hybridized carbons (Fsp3) is 0.0952. The Labute approximate surface area is 194 Å². The molecular weight excluding hydrogens is 471 g/mol. The highest BCUT2D eigenvalue weighted by molar-refractivity contribution is 7.99. The maximum atomic E-state index is 13.8. The lowest BCUT2D eigenvalue weighted by atomic mass is 10.1. The molecule has 5 aromatic rings. The molecule has 0 fully saturated rings. The zero-order valence-electron chi connectivity index (χ0n) is 16.3. The van der Waals surface area contributed by atoms with Gasteiger partial charge in [-0.05, 0) is 29.8 Å². The number of rotatable bonds is 6. The van der Waals surface area contributed by atoms with E-state index in [9.17, 15) is 9.18 Å². The molecule has 2 aromatic carbocycles. The molecule has 7 nitrogen and oxygen atoms in total. The fourth-order valence-electron chi connectivity index (χ4n) is 3.15. The lowest BCUT2D eigenvalue weighted by Gasteiger charge is -2.01. The number of hydrogen-bond acceptors (Lipinski definition) is 7. The number of aromatic nitrogens is 5. The van der Waals surface area contributed by atoms with E-state index in [1.807, 2.05) is 6.07 Å². The van der Waals surface area contributed by atoms with Crippen molar-refractivity contribution in [2.45, 2.75) is 11.6 Å². The number of fused-ring (bicyclic) bond motifs is 3. The van der Waals surface area contributed by atoms with Crippen LogP contribution in [0.15, 0.2) is 53.8 Å². The van der Waals surface area contributed by atoms with Gasteiger partial charge in [-0.2, -0.15) is 0 Å². The molecule has 1 amide bonds. The number of H-pyrrole nitrogens is 1. The van der Waals surface area contributed by atoms with Gasteiger partial charge in [0.15, 0.2) is 10.8 Å². The smallest absolute Gasteiger partial charge is 0.236 e. The molecule has 5 rings (SSSR count). The molecule has 0 aliphatic rings. The molecule has 0 aliphatic heterocycles. The van der Waals surface area contributed by atoms with Gasteiger partial charge in [-0.15, -0.1) is 21.5 Å². The molecule has 32 heavy (non-hydrogen) atoms. The molecule has 0 bridgehead atoms. The predicted octanol–water partition coefficient (Wildman–Crippen LogP) is 5.08. The highest BCUT2D eigenvalue weighted by atomic mass is 35.5. The van der Waals surface area contributed by atoms with Gasteiger partial charge in [0, 0.05) is 33.4 Å². The normalized spacial score (nSPS) is 11.3. The minimum atomic E-state index is -0.258. The van der Waals surface area contributed by atoms with Crippen LogP contribution in [-0.4, -0.2) is 36.8 Å². The van der Waals surface area contributed by atoms with Gasteiger partial charge in [-0.3, -0.25) is 4.79 Å². The summed E-state index contributed by atoms with van der Waals surface area (Å²) in [5.41, 5.74) is 2.66. The molecule has 11 heteroatoms. The first-order valence-corrected chi connectivity index (χ1v) is 11.7. The number of thiazole rings is 1. The van der Waals surface area contributed by atoms with Crippen molar-refractivity contribution in [3.8, 4) is 0 Å². The minimum absolute atomic E-state index is 0.0987. The lowest BCUT2D eigenvalue weighted by Crippen LogP contribution is -2.14. The second-order valence-electron chi connectivity index (χ2n) is 6.84. The number of benzene rings is 2. The maximum Gasteiger partial charge on any atom is 0.236 e. The van der Waals surface area contributed by atoms with E-state index in [0.717, 1.165) is 15.8 Å². The number of carbonyl (C=O) groups is 1. The first-order valence-electron chi connectivity index (χ1n) is 9.47. The number of aromatic amines is 1. The van der Waals surface area contributed by atoms with Crippen LogP contribution >= 0.6 is 34.7 Å². The van der Waals surface area contributed by atoms with Crippen molar-refractivity contribution in [3.05, 3.63) is 69.9 Å². The molecular formula is C21H14ClFN6OS2. The number of hydrogen-bond donors (Lipinski definition) is 2. The molecule has 0 spiro atoms. The summed E-state index contributed by atoms with van der Waals surface area (Å²) < 4.78 is 13.8. The Hall–Kier alpha value is -3.08. The second-order valence-corrected chi connectivity index (χ2v) is 9.34. The van der Waals surface area contributed by atoms with E-state index in [-0.39, 0.29) is 17.5 Å².